The molecule has 0 bridgehead atoms. The van der Waals surface area contributed by atoms with Gasteiger partial charge in [0.25, 0.3) is 0 Å². The number of carbonyl (C=O) groups excluding carboxylic acids is 3. The van der Waals surface area contributed by atoms with E-state index in [1.165, 1.54) is 6.92 Å². The Morgan fingerprint density at radius 2 is 1.74 bits per heavy atom. The molecule has 1 heterocycles. The van der Waals surface area contributed by atoms with Gasteiger partial charge in [-0.05, 0) is 36.6 Å². The number of rotatable bonds is 7. The van der Waals surface area contributed by atoms with Crippen LogP contribution in [0, 0.1) is 0 Å². The second kappa shape index (κ2) is 9.93. The van der Waals surface area contributed by atoms with Crippen LogP contribution >= 0.6 is 0 Å². The Balaban J connectivity index is 2.17. The molecule has 3 rings (SSSR count). The SMILES string of the molecule is CCCN1C(=O)NC(c2ccc(NC(C)=O)cc2)C(C(=O)OCC)=C1c1ccccc1. The van der Waals surface area contributed by atoms with Crippen LogP contribution in [0.1, 0.15) is 44.4 Å². The first kappa shape index (κ1) is 22.1. The van der Waals surface area contributed by atoms with Gasteiger partial charge in [0.1, 0.15) is 0 Å². The highest BCUT2D eigenvalue weighted by Crippen LogP contribution is 2.37. The van der Waals surface area contributed by atoms with Gasteiger partial charge >= 0.3 is 12.0 Å². The number of amides is 3. The summed E-state index contributed by atoms with van der Waals surface area (Å²) in [5.41, 5.74) is 3.06. The predicted octanol–water partition coefficient (Wildman–Crippen LogP) is 4.10. The first-order chi connectivity index (χ1) is 15.0. The molecule has 2 aromatic rings. The molecular weight excluding hydrogens is 394 g/mol. The van der Waals surface area contributed by atoms with Crippen LogP contribution in [0.5, 0.6) is 0 Å². The fraction of sp³-hybridized carbons (Fsp3) is 0.292. The Morgan fingerprint density at radius 3 is 2.32 bits per heavy atom. The van der Waals surface area contributed by atoms with Crippen molar-refractivity contribution in [2.45, 2.75) is 33.2 Å². The molecule has 162 valence electrons. The molecule has 0 saturated carbocycles. The maximum absolute atomic E-state index is 13.1. The molecule has 1 atom stereocenters. The minimum atomic E-state index is -0.679. The number of benzene rings is 2. The van der Waals surface area contributed by atoms with Crippen LogP contribution in [-0.2, 0) is 14.3 Å². The summed E-state index contributed by atoms with van der Waals surface area (Å²) < 4.78 is 5.39. The Bertz CT molecular complexity index is 984. The first-order valence-electron chi connectivity index (χ1n) is 10.4. The number of nitrogens with one attached hydrogen (secondary N) is 2. The van der Waals surface area contributed by atoms with Crippen molar-refractivity contribution < 1.29 is 19.1 Å². The number of carbonyl (C=O) groups is 3. The van der Waals surface area contributed by atoms with Crippen molar-refractivity contribution in [1.82, 2.24) is 10.2 Å². The second-order valence-corrected chi connectivity index (χ2v) is 7.19. The molecule has 0 radical (unpaired) electrons. The quantitative estimate of drug-likeness (QED) is 0.659. The standard InChI is InChI=1S/C24H27N3O4/c1-4-15-27-22(18-9-7-6-8-10-18)20(23(29)31-5-2)21(26-24(27)30)17-11-13-19(14-12-17)25-16(3)28/h6-14,21H,4-5,15H2,1-3H3,(H,25,28)(H,26,30). The Hall–Kier alpha value is -3.61. The molecule has 0 saturated heterocycles. The molecule has 1 aliphatic rings. The highest BCUT2D eigenvalue weighted by Gasteiger charge is 2.38. The molecule has 0 aliphatic carbocycles. The van der Waals surface area contributed by atoms with E-state index in [0.717, 1.165) is 17.5 Å². The van der Waals surface area contributed by atoms with Crippen molar-refractivity contribution in [2.75, 3.05) is 18.5 Å². The number of nitrogens with zero attached hydrogens (tertiary/aromatic N) is 1. The Kier molecular flexibility index (Phi) is 7.07. The van der Waals surface area contributed by atoms with E-state index in [1.807, 2.05) is 37.3 Å². The highest BCUT2D eigenvalue weighted by atomic mass is 16.5. The smallest absolute Gasteiger partial charge is 0.338 e. The molecule has 2 aromatic carbocycles. The topological polar surface area (TPSA) is 87.7 Å². The molecule has 0 fully saturated rings. The number of ether oxygens (including phenoxy) is 1. The second-order valence-electron chi connectivity index (χ2n) is 7.19. The molecule has 0 aromatic heterocycles. The highest BCUT2D eigenvalue weighted by molar-refractivity contribution is 6.04. The average Bonchev–Trinajstić information content (AvgIpc) is 2.75. The molecule has 31 heavy (non-hydrogen) atoms. The number of esters is 1. The van der Waals surface area contributed by atoms with Gasteiger partial charge in [-0.15, -0.1) is 0 Å². The molecular formula is C24H27N3O4. The monoisotopic (exact) mass is 421 g/mol. The molecule has 3 amide bonds. The summed E-state index contributed by atoms with van der Waals surface area (Å²) in [6.45, 7) is 5.86. The number of hydrogen-bond acceptors (Lipinski definition) is 4. The van der Waals surface area contributed by atoms with E-state index in [0.29, 0.717) is 23.5 Å². The van der Waals surface area contributed by atoms with Crippen LogP contribution < -0.4 is 10.6 Å². The van der Waals surface area contributed by atoms with Gasteiger partial charge in [-0.25, -0.2) is 9.59 Å². The van der Waals surface area contributed by atoms with Crippen molar-refractivity contribution in [3.8, 4) is 0 Å². The van der Waals surface area contributed by atoms with Gasteiger partial charge in [0.15, 0.2) is 0 Å². The van der Waals surface area contributed by atoms with Gasteiger partial charge in [-0.1, -0.05) is 49.4 Å². The van der Waals surface area contributed by atoms with E-state index in [9.17, 15) is 14.4 Å². The van der Waals surface area contributed by atoms with Gasteiger partial charge in [0.05, 0.1) is 23.9 Å². The van der Waals surface area contributed by atoms with E-state index in [-0.39, 0.29) is 18.5 Å². The van der Waals surface area contributed by atoms with Crippen LogP contribution in [0.4, 0.5) is 10.5 Å². The van der Waals surface area contributed by atoms with Crippen LogP contribution in [-0.4, -0.2) is 36.0 Å². The van der Waals surface area contributed by atoms with Gasteiger partial charge < -0.3 is 15.4 Å². The average molecular weight is 421 g/mol. The third-order valence-electron chi connectivity index (χ3n) is 4.88. The summed E-state index contributed by atoms with van der Waals surface area (Å²) in [5.74, 6) is -0.647. The summed E-state index contributed by atoms with van der Waals surface area (Å²) in [6, 6.07) is 15.5. The van der Waals surface area contributed by atoms with Gasteiger partial charge in [-0.2, -0.15) is 0 Å². The third kappa shape index (κ3) is 4.94. The van der Waals surface area contributed by atoms with Crippen molar-refractivity contribution in [3.63, 3.8) is 0 Å². The minimum Gasteiger partial charge on any atom is -0.463 e. The van der Waals surface area contributed by atoms with Crippen LogP contribution in [0.25, 0.3) is 5.70 Å². The number of anilines is 1. The van der Waals surface area contributed by atoms with E-state index in [1.54, 1.807) is 36.1 Å². The van der Waals surface area contributed by atoms with Crippen LogP contribution in [0.15, 0.2) is 60.2 Å². The lowest BCUT2D eigenvalue weighted by molar-refractivity contribution is -0.139. The van der Waals surface area contributed by atoms with E-state index in [2.05, 4.69) is 10.6 Å². The van der Waals surface area contributed by atoms with Gasteiger partial charge in [-0.3, -0.25) is 9.69 Å². The van der Waals surface area contributed by atoms with Gasteiger partial charge in [0, 0.05) is 19.2 Å². The fourth-order valence-corrected chi connectivity index (χ4v) is 3.64. The van der Waals surface area contributed by atoms with Crippen molar-refractivity contribution in [2.24, 2.45) is 0 Å². The summed E-state index contributed by atoms with van der Waals surface area (Å²) in [4.78, 5) is 39.1. The summed E-state index contributed by atoms with van der Waals surface area (Å²) in [5, 5.41) is 5.68. The lowest BCUT2D eigenvalue weighted by Gasteiger charge is -2.36. The molecule has 7 heteroatoms. The Morgan fingerprint density at radius 1 is 1.06 bits per heavy atom. The zero-order valence-corrected chi connectivity index (χ0v) is 18.0. The van der Waals surface area contributed by atoms with E-state index in [4.69, 9.17) is 4.74 Å². The largest absolute Gasteiger partial charge is 0.463 e. The predicted molar refractivity (Wildman–Crippen MR) is 119 cm³/mol. The zero-order chi connectivity index (χ0) is 22.4. The lowest BCUT2D eigenvalue weighted by atomic mass is 9.91. The first-order valence-corrected chi connectivity index (χ1v) is 10.4. The van der Waals surface area contributed by atoms with Crippen molar-refractivity contribution >= 4 is 29.3 Å². The van der Waals surface area contributed by atoms with Crippen molar-refractivity contribution in [1.29, 1.82) is 0 Å². The number of hydrogen-bond donors (Lipinski definition) is 2. The number of urea groups is 1. The Labute approximate surface area is 182 Å². The zero-order valence-electron chi connectivity index (χ0n) is 18.0. The third-order valence-corrected chi connectivity index (χ3v) is 4.88. The van der Waals surface area contributed by atoms with Gasteiger partial charge in [0.2, 0.25) is 5.91 Å². The van der Waals surface area contributed by atoms with E-state index >= 15 is 0 Å². The van der Waals surface area contributed by atoms with Crippen molar-refractivity contribution in [3.05, 3.63) is 71.3 Å². The normalized spacial score (nSPS) is 16.0. The minimum absolute atomic E-state index is 0.174. The summed E-state index contributed by atoms with van der Waals surface area (Å²) in [6.07, 6.45) is 0.732. The van der Waals surface area contributed by atoms with E-state index < -0.39 is 12.0 Å². The summed E-state index contributed by atoms with van der Waals surface area (Å²) >= 11 is 0. The molecule has 7 nitrogen and oxygen atoms in total. The molecule has 1 unspecified atom stereocenters. The summed E-state index contributed by atoms with van der Waals surface area (Å²) in [7, 11) is 0. The van der Waals surface area contributed by atoms with Crippen LogP contribution in [0.2, 0.25) is 0 Å². The lowest BCUT2D eigenvalue weighted by Crippen LogP contribution is -2.48. The maximum Gasteiger partial charge on any atom is 0.338 e. The molecule has 0 spiro atoms. The maximum atomic E-state index is 13.1. The fourth-order valence-electron chi connectivity index (χ4n) is 3.64. The molecule has 1 aliphatic heterocycles. The molecule has 2 N–H and O–H groups in total. The van der Waals surface area contributed by atoms with Crippen LogP contribution in [0.3, 0.4) is 0 Å².